The monoisotopic (exact) mass is 1910 g/mol. The number of Topliss-reactive ketones (excluding diaryl/α,β-unsaturated/α-hetero) is 2. The Bertz CT molecular complexity index is 4410. The van der Waals surface area contributed by atoms with Crippen LogP contribution in [0.5, 0.6) is 11.5 Å². The van der Waals surface area contributed by atoms with Crippen LogP contribution >= 0.6 is 23.2 Å². The van der Waals surface area contributed by atoms with Gasteiger partial charge in [0.25, 0.3) is 0 Å². The van der Waals surface area contributed by atoms with Crippen LogP contribution in [0, 0.1) is 29.6 Å². The van der Waals surface area contributed by atoms with Crippen LogP contribution in [0.4, 0.5) is 16.2 Å². The summed E-state index contributed by atoms with van der Waals surface area (Å²) in [5, 5.41) is 33.1. The van der Waals surface area contributed by atoms with Gasteiger partial charge < -0.3 is 98.9 Å². The average molecular weight is 1920 g/mol. The zero-order valence-electron chi connectivity index (χ0n) is 81.5. The molecule has 6 heterocycles. The van der Waals surface area contributed by atoms with E-state index in [1.165, 1.54) is 76.0 Å². The number of ketones is 2. The number of hydrogen-bond donors (Lipinski definition) is 6. The summed E-state index contributed by atoms with van der Waals surface area (Å²) in [4.78, 5) is 184. The van der Waals surface area contributed by atoms with Crippen molar-refractivity contribution in [1.82, 2.24) is 25.8 Å². The van der Waals surface area contributed by atoms with Gasteiger partial charge in [0.05, 0.1) is 63.5 Å². The number of unbranched alkanes of at least 4 members (excludes halogenated alkanes) is 5. The fraction of sp³-hybridized carbons (Fsp3) is 0.667. The fourth-order valence-electron chi connectivity index (χ4n) is 18.2. The maximum absolute atomic E-state index is 14.6. The lowest BCUT2D eigenvalue weighted by Gasteiger charge is -2.41. The second kappa shape index (κ2) is 49.6. The Labute approximate surface area is 798 Å². The summed E-state index contributed by atoms with van der Waals surface area (Å²) >= 11 is 13.8. The summed E-state index contributed by atoms with van der Waals surface area (Å²) in [5.74, 6) is -7.37. The highest BCUT2D eigenvalue weighted by molar-refractivity contribution is 6.36. The standard InChI is InChI=1S/C99H144Cl2N8O25/c1-57(2)60(5)72(111)50-67(32-29-43-104-95(102)122)92(119)105-68(38-40-69(110)33-23-20-21-24-36-82(113)106(12)63(8)93(120)131-79-51-84(115)108(14)70-46-65(48-73(125-16)88(70)100)44-58(3)30-27-34-77(127-18)98(123)53-75(129-86(117)55-98)61(6)90-96(79,10)133-90)39-41-81(112)103-42-26-22-25-37-83(114)107(13)64(9)94(121)132-80-52-85(116)109(15)71-47-66(49-74(126-17)89(71)101)45-59(4)31-28-35-78(128-19)99(124)54-76(130-87(118)56-99)62(7)91-97(80,11)134-91/h27-28,30-31,34-35,46-49,57,60-64,67-68,75-80,90-91,123-124H,20-26,29,32-33,36-45,50-56H2,1-19H3,(H,103,112)(H,105,119)(H3,102,104,122)/b34-27+,35-28+,58-30+,59-31+/t60-,61+,62+,63-,64-,67+,68?,75?,76?,77+,78+,79-,80-,90?,91?,96-,97-,98+,99+/m0/s1. The number of methoxy groups -OCH3 is 4. The number of benzene rings is 2. The Balaban J connectivity index is 0.839. The first-order valence-corrected chi connectivity index (χ1v) is 47.7. The summed E-state index contributed by atoms with van der Waals surface area (Å²) in [7, 11) is 11.9. The van der Waals surface area contributed by atoms with Crippen LogP contribution in [0.3, 0.4) is 0 Å². The Morgan fingerprint density at radius 1 is 0.582 bits per heavy atom. The van der Waals surface area contributed by atoms with Gasteiger partial charge in [-0.2, -0.15) is 0 Å². The molecule has 6 aliphatic rings. The number of urea groups is 1. The number of anilines is 2. The highest BCUT2D eigenvalue weighted by Gasteiger charge is 2.66. The summed E-state index contributed by atoms with van der Waals surface area (Å²) < 4.78 is 59.9. The first-order chi connectivity index (χ1) is 63.2. The molecule has 4 fully saturated rings. The SMILES string of the molecule is COc1cc2cc(c1Cl)N(C)C(=O)C[C@H](OC(=O)[C@H](C)N(C)C(=O)CCCCCCC(=O)CCC(CCC(=O)NCCCCCC(=O)N(C)[C@@H](C)C(=O)O[C@H]1CC(=O)N(C)c3cc(cc(OC)c3Cl)C/C(C)=C/C=C/[C@@H](OC)[C@]3(O)CC(=O)OC(C3)[C@@H](C)C3O[C@]31C)NC(=O)[C@H](CCCNC(N)=O)CC(=O)[C@@H](C)C(C)C)[C@]1(C)OC1[C@H](C)C1C[C@@](O)(CC(=O)O1)[C@H](OC)/C=C/C=C(\C)C2. The van der Waals surface area contributed by atoms with E-state index in [-0.39, 0.29) is 148 Å². The van der Waals surface area contributed by atoms with Gasteiger partial charge in [0, 0.05) is 137 Å². The highest BCUT2D eigenvalue weighted by atomic mass is 35.5. The minimum absolute atomic E-state index is 0.00177. The second-order valence-corrected chi connectivity index (χ2v) is 38.9. The number of halogens is 2. The van der Waals surface area contributed by atoms with E-state index in [1.54, 1.807) is 97.3 Å². The van der Waals surface area contributed by atoms with Crippen molar-refractivity contribution in [3.63, 3.8) is 0 Å². The molecule has 5 unspecified atom stereocenters. The van der Waals surface area contributed by atoms with Crippen molar-refractivity contribution in [2.24, 2.45) is 35.3 Å². The molecule has 744 valence electrons. The molecular formula is C99H144Cl2N8O25. The summed E-state index contributed by atoms with van der Waals surface area (Å²) in [5.41, 5.74) is 3.30. The molecule has 0 radical (unpaired) electrons. The number of nitrogens with two attached hydrogens (primary N) is 1. The Morgan fingerprint density at radius 3 is 1.43 bits per heavy atom. The number of fused-ring (bicyclic) bond motifs is 10. The van der Waals surface area contributed by atoms with Gasteiger partial charge in [-0.05, 0) is 147 Å². The number of ether oxygens (including phenoxy) is 10. The first kappa shape index (κ1) is 110. The summed E-state index contributed by atoms with van der Waals surface area (Å²) in [6.07, 6.45) is 6.71. The molecule has 0 aromatic heterocycles. The number of allylic oxidation sites excluding steroid dienone is 6. The zero-order chi connectivity index (χ0) is 99.2. The topological polar surface area (TPSA) is 436 Å². The Morgan fingerprint density at radius 2 is 1.01 bits per heavy atom. The number of esters is 4. The number of likely N-dealkylation sites (N-methyl/N-ethyl adjacent to an activating group) is 2. The predicted octanol–water partition coefficient (Wildman–Crippen LogP) is 11.5. The number of epoxide rings is 2. The molecule has 8 amide bonds. The van der Waals surface area contributed by atoms with Gasteiger partial charge in [0.1, 0.15) is 104 Å². The highest BCUT2D eigenvalue weighted by Crippen LogP contribution is 2.52. The van der Waals surface area contributed by atoms with E-state index in [1.807, 2.05) is 39.8 Å². The smallest absolute Gasteiger partial charge is 0.328 e. The molecular weight excluding hydrogens is 1770 g/mol. The van der Waals surface area contributed by atoms with Crippen molar-refractivity contribution in [3.8, 4) is 11.5 Å². The van der Waals surface area contributed by atoms with Gasteiger partial charge >= 0.3 is 29.9 Å². The number of rotatable bonds is 39. The zero-order valence-corrected chi connectivity index (χ0v) is 83.0. The van der Waals surface area contributed by atoms with E-state index < -0.39 is 168 Å². The molecule has 19 atom stereocenters. The number of carbonyl (C=O) groups is 13. The molecule has 134 heavy (non-hydrogen) atoms. The van der Waals surface area contributed by atoms with E-state index in [2.05, 4.69) is 16.0 Å². The number of amides is 8. The molecule has 35 heteroatoms. The molecule has 8 bridgehead atoms. The van der Waals surface area contributed by atoms with E-state index in [0.29, 0.717) is 87.1 Å². The number of hydrogen-bond acceptors (Lipinski definition) is 25. The van der Waals surface area contributed by atoms with Crippen LogP contribution in [-0.4, -0.2) is 256 Å². The van der Waals surface area contributed by atoms with E-state index >= 15 is 0 Å². The van der Waals surface area contributed by atoms with E-state index in [4.69, 9.17) is 76.3 Å². The quantitative estimate of drug-likeness (QED) is 0.0157. The molecule has 8 rings (SSSR count). The molecule has 0 spiro atoms. The molecule has 2 aromatic rings. The number of carbonyl (C=O) groups excluding carboxylic acids is 13. The number of nitrogens with one attached hydrogen (secondary N) is 3. The molecule has 33 nitrogen and oxygen atoms in total. The van der Waals surface area contributed by atoms with Gasteiger partial charge in [-0.1, -0.05) is 125 Å². The largest absolute Gasteiger partial charge is 0.495 e. The lowest BCUT2D eigenvalue weighted by molar-refractivity contribution is -0.188. The van der Waals surface area contributed by atoms with Crippen molar-refractivity contribution >= 4 is 111 Å². The Kier molecular flexibility index (Phi) is 40.7. The minimum atomic E-state index is -1.67. The second-order valence-electron chi connectivity index (χ2n) is 38.2. The van der Waals surface area contributed by atoms with Crippen LogP contribution < -0.4 is 41.0 Å². The summed E-state index contributed by atoms with van der Waals surface area (Å²) in [6, 6.07) is 3.37. The molecule has 7 N–H and O–H groups in total. The number of aliphatic hydroxyl groups is 2. The number of primary amides is 1. The van der Waals surface area contributed by atoms with Crippen molar-refractivity contribution in [2.45, 2.75) is 326 Å². The summed E-state index contributed by atoms with van der Waals surface area (Å²) in [6.45, 7) is 19.8. The van der Waals surface area contributed by atoms with Crippen LogP contribution in [-0.2, 0) is 108 Å². The van der Waals surface area contributed by atoms with Gasteiger partial charge in [0.15, 0.2) is 0 Å². The first-order valence-electron chi connectivity index (χ1n) is 46.9. The van der Waals surface area contributed by atoms with Crippen LogP contribution in [0.2, 0.25) is 10.0 Å². The molecule has 4 saturated heterocycles. The van der Waals surface area contributed by atoms with Crippen molar-refractivity contribution in [3.05, 3.63) is 93.0 Å². The molecule has 0 aliphatic carbocycles. The maximum atomic E-state index is 14.6. The third kappa shape index (κ3) is 29.6. The van der Waals surface area contributed by atoms with Gasteiger partial charge in [-0.25, -0.2) is 14.4 Å². The number of nitrogens with zero attached hydrogens (tertiary/aromatic N) is 4. The average Bonchev–Trinajstić information content (AvgIpc) is 1.57. The predicted molar refractivity (Wildman–Crippen MR) is 503 cm³/mol. The molecule has 2 aromatic carbocycles. The normalized spacial score (nSPS) is 28.0. The van der Waals surface area contributed by atoms with Crippen LogP contribution in [0.25, 0.3) is 0 Å². The van der Waals surface area contributed by atoms with Gasteiger partial charge in [0.2, 0.25) is 35.4 Å². The van der Waals surface area contributed by atoms with Gasteiger partial charge in [-0.3, -0.25) is 47.9 Å². The van der Waals surface area contributed by atoms with Gasteiger partial charge in [-0.15, -0.1) is 0 Å². The molecule has 6 aliphatic heterocycles. The fourth-order valence-corrected chi connectivity index (χ4v) is 18.8. The van der Waals surface area contributed by atoms with Crippen molar-refractivity contribution < 1.29 is 120 Å². The van der Waals surface area contributed by atoms with Crippen LogP contribution in [0.15, 0.2) is 71.9 Å². The van der Waals surface area contributed by atoms with Crippen molar-refractivity contribution in [2.75, 3.05) is 79.5 Å². The Hall–Kier alpha value is -9.35. The third-order valence-electron chi connectivity index (χ3n) is 27.7. The van der Waals surface area contributed by atoms with Crippen molar-refractivity contribution in [1.29, 1.82) is 0 Å². The van der Waals surface area contributed by atoms with E-state index in [0.717, 1.165) is 22.3 Å². The minimum Gasteiger partial charge on any atom is -0.495 e. The lowest BCUT2D eigenvalue weighted by Crippen LogP contribution is -2.53. The van der Waals surface area contributed by atoms with E-state index in [9.17, 15) is 72.5 Å². The third-order valence-corrected chi connectivity index (χ3v) is 28.5. The maximum Gasteiger partial charge on any atom is 0.328 e. The molecule has 0 saturated carbocycles. The van der Waals surface area contributed by atoms with Crippen LogP contribution in [0.1, 0.15) is 235 Å². The lowest BCUT2D eigenvalue weighted by atomic mass is 9.78.